The van der Waals surface area contributed by atoms with E-state index in [-0.39, 0.29) is 24.3 Å². The van der Waals surface area contributed by atoms with Crippen LogP contribution in [0.4, 0.5) is 10.1 Å². The van der Waals surface area contributed by atoms with E-state index in [4.69, 9.17) is 0 Å². The summed E-state index contributed by atoms with van der Waals surface area (Å²) in [5, 5.41) is 4.57. The highest BCUT2D eigenvalue weighted by atomic mass is 35.5. The average molecular weight is 346 g/mol. The Morgan fingerprint density at radius 3 is 2.71 bits per heavy atom. The zero-order valence-electron chi connectivity index (χ0n) is 13.7. The lowest BCUT2D eigenvalue weighted by atomic mass is 10.1. The van der Waals surface area contributed by atoms with Gasteiger partial charge in [0.25, 0.3) is 0 Å². The van der Waals surface area contributed by atoms with Gasteiger partial charge in [0.05, 0.1) is 17.3 Å². The average Bonchev–Trinajstić information content (AvgIpc) is 3.04. The Hall–Kier alpha value is -2.33. The van der Waals surface area contributed by atoms with Gasteiger partial charge in [-0.1, -0.05) is 18.6 Å². The van der Waals surface area contributed by atoms with Gasteiger partial charge in [0.1, 0.15) is 5.82 Å². The summed E-state index contributed by atoms with van der Waals surface area (Å²) in [7, 11) is 0. The highest BCUT2D eigenvalue weighted by Crippen LogP contribution is 2.26. The number of aromatic nitrogens is 2. The molecule has 0 aliphatic carbocycles. The fourth-order valence-electron chi connectivity index (χ4n) is 2.56. The molecule has 0 aliphatic rings. The number of rotatable bonds is 5. The summed E-state index contributed by atoms with van der Waals surface area (Å²) in [4.78, 5) is 7.83. The number of nitrogens with one attached hydrogen (secondary N) is 2. The number of hydrogen-bond donors (Lipinski definition) is 2. The molecule has 1 aromatic carbocycles. The molecule has 0 saturated carbocycles. The van der Waals surface area contributed by atoms with E-state index in [0.717, 1.165) is 28.7 Å². The smallest absolute Gasteiger partial charge is 0.123 e. The Morgan fingerprint density at radius 2 is 2.00 bits per heavy atom. The second kappa shape index (κ2) is 7.97. The van der Waals surface area contributed by atoms with Gasteiger partial charge in [0.2, 0.25) is 0 Å². The minimum Gasteiger partial charge on any atom is -0.373 e. The molecule has 3 nitrogen and oxygen atoms in total. The maximum Gasteiger partial charge on any atom is 0.123 e. The highest BCUT2D eigenvalue weighted by molar-refractivity contribution is 5.85. The molecular weight excluding hydrogens is 325 g/mol. The first-order valence-electron chi connectivity index (χ1n) is 7.78. The fourth-order valence-corrected chi connectivity index (χ4v) is 2.56. The lowest BCUT2D eigenvalue weighted by molar-refractivity contribution is 0.628. The van der Waals surface area contributed by atoms with E-state index < -0.39 is 0 Å². The van der Waals surface area contributed by atoms with Gasteiger partial charge in [-0.05, 0) is 49.7 Å². The van der Waals surface area contributed by atoms with Crippen molar-refractivity contribution >= 4 is 29.0 Å². The number of pyridine rings is 1. The molecular formula is C19H21ClFN3. The summed E-state index contributed by atoms with van der Waals surface area (Å²) in [6, 6.07) is 10.3. The number of fused-ring (bicyclic) bond motifs is 1. The van der Waals surface area contributed by atoms with Gasteiger partial charge in [-0.15, -0.1) is 12.4 Å². The minimum atomic E-state index is -0.239. The van der Waals surface area contributed by atoms with E-state index >= 15 is 0 Å². The van der Waals surface area contributed by atoms with Gasteiger partial charge >= 0.3 is 0 Å². The summed E-state index contributed by atoms with van der Waals surface area (Å²) in [5.41, 5.74) is 4.09. The predicted molar refractivity (Wildman–Crippen MR) is 100 cm³/mol. The van der Waals surface area contributed by atoms with Crippen molar-refractivity contribution in [3.05, 3.63) is 72.0 Å². The topological polar surface area (TPSA) is 40.7 Å². The van der Waals surface area contributed by atoms with Crippen LogP contribution >= 0.6 is 12.4 Å². The van der Waals surface area contributed by atoms with Crippen molar-refractivity contribution < 1.29 is 4.39 Å². The first-order chi connectivity index (χ1) is 11.2. The van der Waals surface area contributed by atoms with Crippen LogP contribution in [0.2, 0.25) is 0 Å². The number of halogens is 2. The Bertz CT molecular complexity index is 824. The van der Waals surface area contributed by atoms with E-state index in [1.54, 1.807) is 12.1 Å². The number of allylic oxidation sites excluding steroid dienone is 1. The third kappa shape index (κ3) is 3.95. The van der Waals surface area contributed by atoms with E-state index in [9.17, 15) is 4.39 Å². The predicted octanol–water partition coefficient (Wildman–Crippen LogP) is 5.63. The molecule has 24 heavy (non-hydrogen) atoms. The second-order valence-corrected chi connectivity index (χ2v) is 5.63. The first kappa shape index (κ1) is 18.0. The molecule has 0 spiro atoms. The van der Waals surface area contributed by atoms with Gasteiger partial charge in [-0.25, -0.2) is 4.39 Å². The van der Waals surface area contributed by atoms with Crippen LogP contribution in [0.25, 0.3) is 10.9 Å². The van der Waals surface area contributed by atoms with Crippen molar-refractivity contribution in [3.8, 4) is 0 Å². The highest BCUT2D eigenvalue weighted by Gasteiger charge is 2.15. The van der Waals surface area contributed by atoms with E-state index in [1.165, 1.54) is 17.7 Å². The van der Waals surface area contributed by atoms with Crippen LogP contribution in [-0.2, 0) is 0 Å². The molecule has 1 unspecified atom stereocenters. The maximum absolute atomic E-state index is 13.1. The SMILES string of the molecule is CCC(C)=CC(Nc1ccc(F)cc1)c1nccc2cc[nH]c12.Cl. The molecule has 0 amide bonds. The lowest BCUT2D eigenvalue weighted by Crippen LogP contribution is -2.11. The van der Waals surface area contributed by atoms with E-state index in [2.05, 4.69) is 35.2 Å². The third-order valence-corrected chi connectivity index (χ3v) is 3.97. The van der Waals surface area contributed by atoms with Gasteiger partial charge in [-0.3, -0.25) is 4.98 Å². The van der Waals surface area contributed by atoms with Gasteiger partial charge < -0.3 is 10.3 Å². The zero-order chi connectivity index (χ0) is 16.2. The summed E-state index contributed by atoms with van der Waals surface area (Å²) in [6.45, 7) is 4.23. The molecule has 0 aliphatic heterocycles. The summed E-state index contributed by atoms with van der Waals surface area (Å²) >= 11 is 0. The molecule has 2 heterocycles. The largest absolute Gasteiger partial charge is 0.373 e. The summed E-state index contributed by atoms with van der Waals surface area (Å²) in [6.07, 6.45) is 6.88. The molecule has 3 rings (SSSR count). The van der Waals surface area contributed by atoms with Crippen molar-refractivity contribution in [3.63, 3.8) is 0 Å². The lowest BCUT2D eigenvalue weighted by Gasteiger charge is -2.18. The fraction of sp³-hybridized carbons (Fsp3) is 0.211. The zero-order valence-corrected chi connectivity index (χ0v) is 14.5. The Balaban J connectivity index is 0.00000208. The number of hydrogen-bond acceptors (Lipinski definition) is 2. The molecule has 126 valence electrons. The first-order valence-corrected chi connectivity index (χ1v) is 7.78. The normalized spacial score (nSPS) is 12.7. The molecule has 0 radical (unpaired) electrons. The molecule has 0 saturated heterocycles. The van der Waals surface area contributed by atoms with Crippen LogP contribution in [0.5, 0.6) is 0 Å². The van der Waals surface area contributed by atoms with Crippen molar-refractivity contribution in [1.29, 1.82) is 0 Å². The molecule has 2 N–H and O–H groups in total. The monoisotopic (exact) mass is 345 g/mol. The van der Waals surface area contributed by atoms with Crippen molar-refractivity contribution in [2.75, 3.05) is 5.32 Å². The summed E-state index contributed by atoms with van der Waals surface area (Å²) in [5.74, 6) is -0.239. The third-order valence-electron chi connectivity index (χ3n) is 3.97. The van der Waals surface area contributed by atoms with Crippen LogP contribution in [0.15, 0.2) is 60.4 Å². The molecule has 2 aromatic heterocycles. The quantitative estimate of drug-likeness (QED) is 0.588. The Labute approximate surface area is 147 Å². The van der Waals surface area contributed by atoms with E-state index in [1.807, 2.05) is 24.5 Å². The molecule has 1 atom stereocenters. The van der Waals surface area contributed by atoms with Gasteiger partial charge in [-0.2, -0.15) is 0 Å². The Kier molecular flexibility index (Phi) is 5.99. The molecule has 0 bridgehead atoms. The van der Waals surface area contributed by atoms with Crippen LogP contribution in [0.1, 0.15) is 32.0 Å². The number of anilines is 1. The van der Waals surface area contributed by atoms with Gasteiger partial charge in [0, 0.05) is 23.5 Å². The standard InChI is InChI=1S/C19H20FN3.ClH/c1-3-13(2)12-17(23-16-6-4-15(20)5-7-16)19-18-14(8-10-21-18)9-11-22-19;/h4-12,17,21,23H,3H2,1-2H3;1H. The summed E-state index contributed by atoms with van der Waals surface area (Å²) < 4.78 is 13.1. The van der Waals surface area contributed by atoms with Crippen molar-refractivity contribution in [2.24, 2.45) is 0 Å². The van der Waals surface area contributed by atoms with Crippen LogP contribution in [0, 0.1) is 5.82 Å². The molecule has 3 aromatic rings. The van der Waals surface area contributed by atoms with E-state index in [0.29, 0.717) is 0 Å². The number of benzene rings is 1. The van der Waals surface area contributed by atoms with Crippen molar-refractivity contribution in [1.82, 2.24) is 9.97 Å². The second-order valence-electron chi connectivity index (χ2n) is 5.63. The van der Waals surface area contributed by atoms with Crippen molar-refractivity contribution in [2.45, 2.75) is 26.3 Å². The number of H-pyrrole nitrogens is 1. The maximum atomic E-state index is 13.1. The van der Waals surface area contributed by atoms with Crippen LogP contribution in [0.3, 0.4) is 0 Å². The molecule has 5 heteroatoms. The van der Waals surface area contributed by atoms with Gasteiger partial charge in [0.15, 0.2) is 0 Å². The van der Waals surface area contributed by atoms with Crippen LogP contribution < -0.4 is 5.32 Å². The Morgan fingerprint density at radius 1 is 1.25 bits per heavy atom. The minimum absolute atomic E-state index is 0. The number of nitrogens with zero attached hydrogens (tertiary/aromatic N) is 1. The van der Waals surface area contributed by atoms with Crippen LogP contribution in [-0.4, -0.2) is 9.97 Å². The number of aromatic amines is 1. The molecule has 0 fully saturated rings.